The molecule has 96 valence electrons. The molecule has 0 aromatic carbocycles. The van der Waals surface area contributed by atoms with Crippen molar-refractivity contribution in [2.24, 2.45) is 0 Å². The molecule has 0 unspecified atom stereocenters. The molecule has 1 aliphatic rings. The van der Waals surface area contributed by atoms with Gasteiger partial charge in [-0.3, -0.25) is 9.78 Å². The monoisotopic (exact) mass is 249 g/mol. The van der Waals surface area contributed by atoms with E-state index in [9.17, 15) is 9.90 Å². The van der Waals surface area contributed by atoms with Crippen LogP contribution in [0.4, 0.5) is 5.82 Å². The second kappa shape index (κ2) is 4.02. The molecule has 0 bridgehead atoms. The molecule has 2 aromatic heterocycles. The Kier molecular flexibility index (Phi) is 2.48. The maximum absolute atomic E-state index is 11.8. The molecule has 18 heavy (non-hydrogen) atoms. The van der Waals surface area contributed by atoms with Gasteiger partial charge in [0, 0.05) is 6.07 Å². The summed E-state index contributed by atoms with van der Waals surface area (Å²) in [5.74, 6) is 0.181. The summed E-state index contributed by atoms with van der Waals surface area (Å²) >= 11 is 0. The summed E-state index contributed by atoms with van der Waals surface area (Å²) in [5.41, 5.74) is 6.04. The number of piperidine rings is 1. The molecule has 0 amide bonds. The highest BCUT2D eigenvalue weighted by Gasteiger charge is 2.21. The zero-order valence-electron chi connectivity index (χ0n) is 9.81. The minimum atomic E-state index is -0.400. The first-order chi connectivity index (χ1) is 8.66. The van der Waals surface area contributed by atoms with Crippen LogP contribution in [0.5, 0.6) is 5.88 Å². The van der Waals surface area contributed by atoms with Gasteiger partial charge in [0.15, 0.2) is 5.88 Å². The van der Waals surface area contributed by atoms with Crippen LogP contribution in [0.15, 0.2) is 10.9 Å². The van der Waals surface area contributed by atoms with Gasteiger partial charge in [0.25, 0.3) is 5.56 Å². The maximum atomic E-state index is 11.8. The Labute approximate surface area is 103 Å². The van der Waals surface area contributed by atoms with Gasteiger partial charge in [0.05, 0.1) is 6.04 Å². The van der Waals surface area contributed by atoms with Crippen molar-refractivity contribution in [3.05, 3.63) is 16.4 Å². The molecule has 1 aliphatic heterocycles. The van der Waals surface area contributed by atoms with Crippen molar-refractivity contribution in [3.8, 4) is 5.88 Å². The molecule has 3 heterocycles. The van der Waals surface area contributed by atoms with Gasteiger partial charge in [-0.15, -0.1) is 0 Å². The molecule has 1 saturated heterocycles. The van der Waals surface area contributed by atoms with E-state index in [4.69, 9.17) is 5.73 Å². The SMILES string of the molecule is Nc1c2c(=O)[nH]c(O)cc2nn1C1CCNCC1. The quantitative estimate of drug-likeness (QED) is 0.566. The molecule has 5 N–H and O–H groups in total. The number of nitrogens with two attached hydrogens (primary N) is 1. The molecule has 7 nitrogen and oxygen atoms in total. The average molecular weight is 249 g/mol. The number of hydrogen-bond acceptors (Lipinski definition) is 5. The topological polar surface area (TPSA) is 109 Å². The summed E-state index contributed by atoms with van der Waals surface area (Å²) in [7, 11) is 0. The van der Waals surface area contributed by atoms with Gasteiger partial charge in [-0.05, 0) is 25.9 Å². The van der Waals surface area contributed by atoms with Crippen LogP contribution >= 0.6 is 0 Å². The number of pyridine rings is 1. The third-order valence-corrected chi connectivity index (χ3v) is 3.37. The number of hydrogen-bond donors (Lipinski definition) is 4. The number of aromatic hydroxyl groups is 1. The van der Waals surface area contributed by atoms with E-state index in [2.05, 4.69) is 15.4 Å². The van der Waals surface area contributed by atoms with E-state index >= 15 is 0 Å². The van der Waals surface area contributed by atoms with Gasteiger partial charge in [0.1, 0.15) is 16.7 Å². The zero-order chi connectivity index (χ0) is 12.7. The number of nitrogen functional groups attached to an aromatic ring is 1. The van der Waals surface area contributed by atoms with Crippen LogP contribution in [0.2, 0.25) is 0 Å². The number of aromatic nitrogens is 3. The average Bonchev–Trinajstić information content (AvgIpc) is 2.67. The smallest absolute Gasteiger partial charge is 0.263 e. The minimum absolute atomic E-state index is 0.192. The molecule has 7 heteroatoms. The van der Waals surface area contributed by atoms with Gasteiger partial charge in [-0.2, -0.15) is 5.10 Å². The predicted octanol–water partition coefficient (Wildman–Crippen LogP) is -0.0631. The fourth-order valence-electron chi connectivity index (χ4n) is 2.47. The Bertz CT molecular complexity index is 639. The number of anilines is 1. The van der Waals surface area contributed by atoms with Crippen molar-refractivity contribution in [1.82, 2.24) is 20.1 Å². The predicted molar refractivity (Wildman–Crippen MR) is 67.6 cm³/mol. The molecular weight excluding hydrogens is 234 g/mol. The van der Waals surface area contributed by atoms with Crippen LogP contribution in [-0.2, 0) is 0 Å². The number of fused-ring (bicyclic) bond motifs is 1. The molecular formula is C11H15N5O2. The highest BCUT2D eigenvalue weighted by atomic mass is 16.3. The Morgan fingerprint density at radius 1 is 1.44 bits per heavy atom. The maximum Gasteiger partial charge on any atom is 0.263 e. The van der Waals surface area contributed by atoms with Gasteiger partial charge < -0.3 is 16.2 Å². The summed E-state index contributed by atoms with van der Waals surface area (Å²) in [5, 5.41) is 17.3. The highest BCUT2D eigenvalue weighted by molar-refractivity contribution is 5.88. The summed E-state index contributed by atoms with van der Waals surface area (Å²) < 4.78 is 1.71. The zero-order valence-corrected chi connectivity index (χ0v) is 9.81. The molecule has 2 aromatic rings. The fraction of sp³-hybridized carbons (Fsp3) is 0.455. The molecule has 0 atom stereocenters. The first-order valence-electron chi connectivity index (χ1n) is 5.97. The second-order valence-electron chi connectivity index (χ2n) is 4.55. The Morgan fingerprint density at radius 2 is 2.17 bits per heavy atom. The standard InChI is InChI=1S/C11H15N5O2/c12-10-9-7(5-8(17)14-11(9)18)15-16(10)6-1-3-13-4-2-6/h5-6,13,17H,1-4,12H2,(H,14,18). The van der Waals surface area contributed by atoms with E-state index in [0.717, 1.165) is 25.9 Å². The Morgan fingerprint density at radius 3 is 2.89 bits per heavy atom. The molecule has 0 spiro atoms. The van der Waals surface area contributed by atoms with Crippen molar-refractivity contribution in [3.63, 3.8) is 0 Å². The molecule has 0 saturated carbocycles. The number of H-pyrrole nitrogens is 1. The van der Waals surface area contributed by atoms with Crippen LogP contribution in [0, 0.1) is 0 Å². The van der Waals surface area contributed by atoms with E-state index in [1.807, 2.05) is 0 Å². The second-order valence-corrected chi connectivity index (χ2v) is 4.55. The van der Waals surface area contributed by atoms with Gasteiger partial charge in [-0.1, -0.05) is 0 Å². The number of nitrogens with zero attached hydrogens (tertiary/aromatic N) is 2. The van der Waals surface area contributed by atoms with Gasteiger partial charge in [-0.25, -0.2) is 4.68 Å². The number of nitrogens with one attached hydrogen (secondary N) is 2. The van der Waals surface area contributed by atoms with Crippen molar-refractivity contribution >= 4 is 16.7 Å². The summed E-state index contributed by atoms with van der Waals surface area (Å²) in [6, 6.07) is 1.63. The fourth-order valence-corrected chi connectivity index (χ4v) is 2.47. The minimum Gasteiger partial charge on any atom is -0.494 e. The molecule has 1 fully saturated rings. The van der Waals surface area contributed by atoms with E-state index in [0.29, 0.717) is 16.7 Å². The van der Waals surface area contributed by atoms with Crippen LogP contribution in [0.25, 0.3) is 10.9 Å². The lowest BCUT2D eigenvalue weighted by Gasteiger charge is -2.23. The van der Waals surface area contributed by atoms with Crippen molar-refractivity contribution in [1.29, 1.82) is 0 Å². The van der Waals surface area contributed by atoms with Crippen molar-refractivity contribution < 1.29 is 5.11 Å². The highest BCUT2D eigenvalue weighted by Crippen LogP contribution is 2.26. The molecule has 0 aliphatic carbocycles. The van der Waals surface area contributed by atoms with Crippen LogP contribution in [0.3, 0.4) is 0 Å². The van der Waals surface area contributed by atoms with E-state index < -0.39 is 5.56 Å². The first-order valence-corrected chi connectivity index (χ1v) is 5.97. The summed E-state index contributed by atoms with van der Waals surface area (Å²) in [6.07, 6.45) is 1.87. The molecule has 3 rings (SSSR count). The Balaban J connectivity index is 2.16. The third kappa shape index (κ3) is 1.63. The largest absolute Gasteiger partial charge is 0.494 e. The number of aromatic amines is 1. The summed E-state index contributed by atoms with van der Waals surface area (Å²) in [6.45, 7) is 1.84. The van der Waals surface area contributed by atoms with Crippen molar-refractivity contribution in [2.45, 2.75) is 18.9 Å². The van der Waals surface area contributed by atoms with Crippen LogP contribution < -0.4 is 16.6 Å². The van der Waals surface area contributed by atoms with E-state index in [-0.39, 0.29) is 11.9 Å². The number of rotatable bonds is 1. The lowest BCUT2D eigenvalue weighted by atomic mass is 10.1. The van der Waals surface area contributed by atoms with E-state index in [1.54, 1.807) is 4.68 Å². The van der Waals surface area contributed by atoms with Gasteiger partial charge >= 0.3 is 0 Å². The molecule has 0 radical (unpaired) electrons. The summed E-state index contributed by atoms with van der Waals surface area (Å²) in [4.78, 5) is 14.1. The first kappa shape index (κ1) is 11.1. The van der Waals surface area contributed by atoms with Gasteiger partial charge in [0.2, 0.25) is 0 Å². The lowest BCUT2D eigenvalue weighted by Crippen LogP contribution is -2.30. The van der Waals surface area contributed by atoms with Crippen molar-refractivity contribution in [2.75, 3.05) is 18.8 Å². The Hall–Kier alpha value is -2.02. The lowest BCUT2D eigenvalue weighted by molar-refractivity contribution is 0.348. The van der Waals surface area contributed by atoms with Crippen LogP contribution in [-0.4, -0.2) is 33.0 Å². The van der Waals surface area contributed by atoms with E-state index in [1.165, 1.54) is 6.07 Å². The third-order valence-electron chi connectivity index (χ3n) is 3.37. The van der Waals surface area contributed by atoms with Crippen LogP contribution in [0.1, 0.15) is 18.9 Å². The normalized spacial score (nSPS) is 17.3.